The molecule has 2 aliphatic rings. The molecule has 3 nitrogen and oxygen atoms in total. The van der Waals surface area contributed by atoms with Crippen LogP contribution in [0.5, 0.6) is 0 Å². The molecule has 0 saturated carbocycles. The van der Waals surface area contributed by atoms with Crippen LogP contribution in [0.15, 0.2) is 48.0 Å². The Balaban J connectivity index is 1.87. The molecule has 0 radical (unpaired) electrons. The number of hydrogen-bond acceptors (Lipinski definition) is 3. The fourth-order valence-corrected chi connectivity index (χ4v) is 2.48. The van der Waals surface area contributed by atoms with E-state index in [4.69, 9.17) is 14.4 Å². The molecular weight excluding hydrogens is 275 g/mol. The fraction of sp³-hybridized carbons (Fsp3) is 0.556. The van der Waals surface area contributed by atoms with E-state index >= 15 is 0 Å². The van der Waals surface area contributed by atoms with E-state index in [9.17, 15) is 0 Å². The second kappa shape index (κ2) is 6.99. The number of rotatable bonds is 5. The van der Waals surface area contributed by atoms with Gasteiger partial charge in [0.25, 0.3) is 0 Å². The van der Waals surface area contributed by atoms with Crippen molar-refractivity contribution in [2.45, 2.75) is 51.7 Å². The van der Waals surface area contributed by atoms with E-state index in [0.717, 1.165) is 18.3 Å². The molecule has 1 aliphatic carbocycles. The van der Waals surface area contributed by atoms with Crippen molar-refractivity contribution < 1.29 is 14.4 Å². The fourth-order valence-electron chi connectivity index (χ4n) is 2.48. The number of allylic oxidation sites excluding steroid dienone is 7. The van der Waals surface area contributed by atoms with Crippen molar-refractivity contribution in [1.82, 2.24) is 0 Å². The van der Waals surface area contributed by atoms with E-state index in [0.29, 0.717) is 5.92 Å². The van der Waals surface area contributed by atoms with Crippen LogP contribution < -0.4 is 0 Å². The van der Waals surface area contributed by atoms with E-state index in [1.807, 2.05) is 12.2 Å². The molecule has 22 heavy (non-hydrogen) atoms. The quantitative estimate of drug-likeness (QED) is 0.623. The lowest BCUT2D eigenvalue weighted by molar-refractivity contribution is 0.00578. The molecule has 120 valence electrons. The molecule has 4 heteroatoms. The predicted octanol–water partition coefficient (Wildman–Crippen LogP) is 3.62. The van der Waals surface area contributed by atoms with Crippen molar-refractivity contribution in [3.63, 3.8) is 0 Å². The first kappa shape index (κ1) is 17.3. The Labute approximate surface area is 134 Å². The van der Waals surface area contributed by atoms with Crippen LogP contribution in [-0.2, 0) is 9.31 Å². The highest BCUT2D eigenvalue weighted by Gasteiger charge is 2.52. The SMILES string of the molecule is CC1(C)OB(C2=CCC(C/C=C\C=C/CO)C=C2)OC1(C)C. The molecular formula is C18H27BO3. The zero-order valence-electron chi connectivity index (χ0n) is 14.1. The molecule has 0 bridgehead atoms. The monoisotopic (exact) mass is 302 g/mol. The third-order valence-electron chi connectivity index (χ3n) is 4.67. The van der Waals surface area contributed by atoms with Gasteiger partial charge < -0.3 is 14.4 Å². The molecule has 0 amide bonds. The first-order valence-corrected chi connectivity index (χ1v) is 8.02. The summed E-state index contributed by atoms with van der Waals surface area (Å²) in [5.74, 6) is 0.518. The van der Waals surface area contributed by atoms with Gasteiger partial charge in [-0.3, -0.25) is 0 Å². The molecule has 1 saturated heterocycles. The Hall–Kier alpha value is -1.10. The van der Waals surface area contributed by atoms with Crippen molar-refractivity contribution in [2.75, 3.05) is 6.61 Å². The van der Waals surface area contributed by atoms with E-state index in [1.54, 1.807) is 6.08 Å². The molecule has 0 aromatic heterocycles. The van der Waals surface area contributed by atoms with Crippen LogP contribution in [0.1, 0.15) is 40.5 Å². The van der Waals surface area contributed by atoms with E-state index in [1.165, 1.54) is 0 Å². The van der Waals surface area contributed by atoms with Gasteiger partial charge in [-0.15, -0.1) is 0 Å². The second-order valence-corrected chi connectivity index (χ2v) is 6.92. The summed E-state index contributed by atoms with van der Waals surface area (Å²) < 4.78 is 12.2. The van der Waals surface area contributed by atoms with E-state index in [2.05, 4.69) is 52.0 Å². The molecule has 0 spiro atoms. The van der Waals surface area contributed by atoms with Gasteiger partial charge in [0.15, 0.2) is 0 Å². The molecule has 1 aliphatic heterocycles. The summed E-state index contributed by atoms with van der Waals surface area (Å²) in [4.78, 5) is 0. The normalized spacial score (nSPS) is 27.0. The van der Waals surface area contributed by atoms with Crippen LogP contribution in [0, 0.1) is 5.92 Å². The highest BCUT2D eigenvalue weighted by molar-refractivity contribution is 6.55. The second-order valence-electron chi connectivity index (χ2n) is 6.92. The van der Waals surface area contributed by atoms with Gasteiger partial charge >= 0.3 is 7.12 Å². The third-order valence-corrected chi connectivity index (χ3v) is 4.67. The van der Waals surface area contributed by atoms with Crippen LogP contribution >= 0.6 is 0 Å². The van der Waals surface area contributed by atoms with Crippen molar-refractivity contribution in [3.8, 4) is 0 Å². The average molecular weight is 302 g/mol. The molecule has 0 aromatic rings. The van der Waals surface area contributed by atoms with Crippen molar-refractivity contribution in [2.24, 2.45) is 5.92 Å². The lowest BCUT2D eigenvalue weighted by atomic mass is 9.74. The van der Waals surface area contributed by atoms with Gasteiger partial charge in [0.2, 0.25) is 0 Å². The summed E-state index contributed by atoms with van der Waals surface area (Å²) in [6.07, 6.45) is 16.3. The van der Waals surface area contributed by atoms with Crippen LogP contribution in [-0.4, -0.2) is 30.0 Å². The highest BCUT2D eigenvalue weighted by atomic mass is 16.7. The first-order chi connectivity index (χ1) is 10.4. The van der Waals surface area contributed by atoms with Gasteiger partial charge in [-0.25, -0.2) is 0 Å². The topological polar surface area (TPSA) is 38.7 Å². The molecule has 1 unspecified atom stereocenters. The number of hydrogen-bond donors (Lipinski definition) is 1. The molecule has 1 N–H and O–H groups in total. The van der Waals surface area contributed by atoms with Crippen molar-refractivity contribution in [3.05, 3.63) is 48.0 Å². The summed E-state index contributed by atoms with van der Waals surface area (Å²) in [6, 6.07) is 0. The Morgan fingerprint density at radius 2 is 1.82 bits per heavy atom. The average Bonchev–Trinajstić information content (AvgIpc) is 2.68. The maximum atomic E-state index is 8.66. The number of aliphatic hydroxyl groups is 1. The van der Waals surface area contributed by atoms with E-state index < -0.39 is 0 Å². The van der Waals surface area contributed by atoms with Crippen LogP contribution in [0.4, 0.5) is 0 Å². The van der Waals surface area contributed by atoms with Crippen molar-refractivity contribution >= 4 is 7.12 Å². The highest BCUT2D eigenvalue weighted by Crippen LogP contribution is 2.39. The Kier molecular flexibility index (Phi) is 5.48. The molecule has 2 rings (SSSR count). The number of aliphatic hydroxyl groups excluding tert-OH is 1. The van der Waals surface area contributed by atoms with Gasteiger partial charge in [-0.2, -0.15) is 0 Å². The summed E-state index contributed by atoms with van der Waals surface area (Å²) in [5, 5.41) is 8.66. The van der Waals surface area contributed by atoms with E-state index in [-0.39, 0.29) is 24.9 Å². The lowest BCUT2D eigenvalue weighted by Crippen LogP contribution is -2.41. The minimum atomic E-state index is -0.287. The smallest absolute Gasteiger partial charge is 0.399 e. The first-order valence-electron chi connectivity index (χ1n) is 8.02. The van der Waals surface area contributed by atoms with Crippen LogP contribution in [0.2, 0.25) is 0 Å². The minimum absolute atomic E-state index is 0.0911. The predicted molar refractivity (Wildman–Crippen MR) is 91.4 cm³/mol. The molecule has 0 aromatic carbocycles. The van der Waals surface area contributed by atoms with Gasteiger partial charge in [0.05, 0.1) is 17.8 Å². The van der Waals surface area contributed by atoms with Crippen LogP contribution in [0.3, 0.4) is 0 Å². The minimum Gasteiger partial charge on any atom is -0.399 e. The van der Waals surface area contributed by atoms with Crippen LogP contribution in [0.25, 0.3) is 0 Å². The zero-order valence-corrected chi connectivity index (χ0v) is 14.1. The maximum absolute atomic E-state index is 8.66. The maximum Gasteiger partial charge on any atom is 0.494 e. The largest absolute Gasteiger partial charge is 0.494 e. The van der Waals surface area contributed by atoms with Gasteiger partial charge in [0, 0.05) is 0 Å². The molecule has 1 atom stereocenters. The summed E-state index contributed by atoms with van der Waals surface area (Å²) in [5.41, 5.74) is 0.551. The lowest BCUT2D eigenvalue weighted by Gasteiger charge is -2.32. The standard InChI is InChI=1S/C18H27BO3/c1-17(2)18(3,4)22-19(21-17)16-12-10-15(11-13-16)9-7-5-6-8-14-20/h5-8,10,12-13,15,20H,9,11,14H2,1-4H3/b7-5-,8-6-. The summed E-state index contributed by atoms with van der Waals surface area (Å²) in [6.45, 7) is 8.40. The third kappa shape index (κ3) is 4.00. The Morgan fingerprint density at radius 3 is 2.36 bits per heavy atom. The summed E-state index contributed by atoms with van der Waals surface area (Å²) in [7, 11) is -0.259. The van der Waals surface area contributed by atoms with Gasteiger partial charge in [0.1, 0.15) is 0 Å². The summed E-state index contributed by atoms with van der Waals surface area (Å²) >= 11 is 0. The van der Waals surface area contributed by atoms with Gasteiger partial charge in [-0.1, -0.05) is 42.5 Å². The zero-order chi connectivity index (χ0) is 16.2. The molecule has 1 heterocycles. The van der Waals surface area contributed by atoms with Gasteiger partial charge in [-0.05, 0) is 51.9 Å². The Bertz CT molecular complexity index is 484. The Morgan fingerprint density at radius 1 is 1.18 bits per heavy atom. The molecule has 1 fully saturated rings. The van der Waals surface area contributed by atoms with Crippen molar-refractivity contribution in [1.29, 1.82) is 0 Å².